The second-order valence-electron chi connectivity index (χ2n) is 4.76. The Morgan fingerprint density at radius 3 is 2.88 bits per heavy atom. The predicted molar refractivity (Wildman–Crippen MR) is 71.5 cm³/mol. The van der Waals surface area contributed by atoms with Crippen molar-refractivity contribution in [3.05, 3.63) is 16.2 Å². The van der Waals surface area contributed by atoms with Crippen molar-refractivity contribution in [3.8, 4) is 0 Å². The van der Waals surface area contributed by atoms with Gasteiger partial charge in [0.05, 0.1) is 16.4 Å². The average Bonchev–Trinajstić information content (AvgIpc) is 2.65. The number of halogens is 1. The lowest BCUT2D eigenvalue weighted by Crippen LogP contribution is -2.17. The molecule has 1 heterocycles. The molecule has 2 rings (SSSR count). The standard InChI is InChI=1S/C12H18BrN3/c1-7-3-4-9(5-7)16-12-11(13)8(2)10(14)6-15-12/h6-7,9H,3-5,14H2,1-2H3,(H,15,16). The van der Waals surface area contributed by atoms with Gasteiger partial charge in [-0.2, -0.15) is 0 Å². The number of nitrogens with two attached hydrogens (primary N) is 1. The first-order valence-corrected chi connectivity index (χ1v) is 6.54. The number of anilines is 2. The van der Waals surface area contributed by atoms with Crippen LogP contribution in [0.25, 0.3) is 0 Å². The maximum absolute atomic E-state index is 5.80. The molecule has 0 bridgehead atoms. The maximum atomic E-state index is 5.80. The van der Waals surface area contributed by atoms with Crippen molar-refractivity contribution in [2.45, 2.75) is 39.2 Å². The Kier molecular flexibility index (Phi) is 3.38. The monoisotopic (exact) mass is 283 g/mol. The fourth-order valence-corrected chi connectivity index (χ4v) is 2.67. The van der Waals surface area contributed by atoms with Gasteiger partial charge in [-0.15, -0.1) is 0 Å². The molecule has 2 atom stereocenters. The number of nitrogen functional groups attached to an aromatic ring is 1. The molecule has 4 heteroatoms. The normalized spacial score (nSPS) is 24.7. The van der Waals surface area contributed by atoms with Gasteiger partial charge < -0.3 is 11.1 Å². The molecular formula is C12H18BrN3. The average molecular weight is 284 g/mol. The molecular weight excluding hydrogens is 266 g/mol. The molecule has 1 aromatic rings. The Bertz CT molecular complexity index is 392. The molecule has 88 valence electrons. The van der Waals surface area contributed by atoms with E-state index >= 15 is 0 Å². The molecule has 3 N–H and O–H groups in total. The molecule has 2 unspecified atom stereocenters. The Morgan fingerprint density at radius 1 is 1.50 bits per heavy atom. The Labute approximate surface area is 105 Å². The fraction of sp³-hybridized carbons (Fsp3) is 0.583. The van der Waals surface area contributed by atoms with Crippen LogP contribution in [0.2, 0.25) is 0 Å². The van der Waals surface area contributed by atoms with Crippen molar-refractivity contribution in [1.29, 1.82) is 0 Å². The van der Waals surface area contributed by atoms with Gasteiger partial charge in [-0.05, 0) is 53.6 Å². The summed E-state index contributed by atoms with van der Waals surface area (Å²) < 4.78 is 0.993. The molecule has 0 amide bonds. The number of nitrogens with one attached hydrogen (secondary N) is 1. The van der Waals surface area contributed by atoms with Crippen LogP contribution in [-0.4, -0.2) is 11.0 Å². The van der Waals surface area contributed by atoms with E-state index in [1.807, 2.05) is 6.92 Å². The highest BCUT2D eigenvalue weighted by Crippen LogP contribution is 2.32. The first-order valence-electron chi connectivity index (χ1n) is 5.75. The van der Waals surface area contributed by atoms with Gasteiger partial charge in [-0.25, -0.2) is 4.98 Å². The van der Waals surface area contributed by atoms with Crippen molar-refractivity contribution >= 4 is 27.4 Å². The van der Waals surface area contributed by atoms with Crippen LogP contribution >= 0.6 is 15.9 Å². The van der Waals surface area contributed by atoms with Gasteiger partial charge >= 0.3 is 0 Å². The third kappa shape index (κ3) is 2.32. The molecule has 0 radical (unpaired) electrons. The second-order valence-corrected chi connectivity index (χ2v) is 5.55. The predicted octanol–water partition coefficient (Wildman–Crippen LogP) is 3.34. The largest absolute Gasteiger partial charge is 0.397 e. The number of hydrogen-bond acceptors (Lipinski definition) is 3. The van der Waals surface area contributed by atoms with Gasteiger partial charge in [0.1, 0.15) is 5.82 Å². The van der Waals surface area contributed by atoms with E-state index < -0.39 is 0 Å². The lowest BCUT2D eigenvalue weighted by atomic mass is 10.1. The van der Waals surface area contributed by atoms with E-state index in [1.165, 1.54) is 19.3 Å². The van der Waals surface area contributed by atoms with Crippen molar-refractivity contribution in [1.82, 2.24) is 4.98 Å². The minimum Gasteiger partial charge on any atom is -0.397 e. The topological polar surface area (TPSA) is 50.9 Å². The molecule has 1 fully saturated rings. The quantitative estimate of drug-likeness (QED) is 0.875. The zero-order chi connectivity index (χ0) is 11.7. The number of rotatable bonds is 2. The Morgan fingerprint density at radius 2 is 2.25 bits per heavy atom. The van der Waals surface area contributed by atoms with Crippen molar-refractivity contribution in [3.63, 3.8) is 0 Å². The van der Waals surface area contributed by atoms with Crippen LogP contribution in [0.5, 0.6) is 0 Å². The van der Waals surface area contributed by atoms with Gasteiger partial charge in [0.2, 0.25) is 0 Å². The van der Waals surface area contributed by atoms with Crippen molar-refractivity contribution < 1.29 is 0 Å². The minimum atomic E-state index is 0.557. The van der Waals surface area contributed by atoms with E-state index in [0.29, 0.717) is 6.04 Å². The van der Waals surface area contributed by atoms with E-state index in [2.05, 4.69) is 33.2 Å². The smallest absolute Gasteiger partial charge is 0.140 e. The third-order valence-electron chi connectivity index (χ3n) is 3.34. The zero-order valence-electron chi connectivity index (χ0n) is 9.76. The third-order valence-corrected chi connectivity index (χ3v) is 4.31. The molecule has 1 aliphatic carbocycles. The van der Waals surface area contributed by atoms with Crippen LogP contribution in [0.15, 0.2) is 10.7 Å². The summed E-state index contributed by atoms with van der Waals surface area (Å²) >= 11 is 3.55. The summed E-state index contributed by atoms with van der Waals surface area (Å²) in [5.41, 5.74) is 7.59. The van der Waals surface area contributed by atoms with E-state index in [4.69, 9.17) is 5.73 Å². The van der Waals surface area contributed by atoms with Crippen molar-refractivity contribution in [2.75, 3.05) is 11.1 Å². The molecule has 1 saturated carbocycles. The summed E-state index contributed by atoms with van der Waals surface area (Å²) in [7, 11) is 0. The van der Waals surface area contributed by atoms with Crippen LogP contribution in [-0.2, 0) is 0 Å². The molecule has 0 aromatic carbocycles. The maximum Gasteiger partial charge on any atom is 0.140 e. The Hall–Kier alpha value is -0.770. The molecule has 3 nitrogen and oxygen atoms in total. The summed E-state index contributed by atoms with van der Waals surface area (Å²) in [5, 5.41) is 3.49. The van der Waals surface area contributed by atoms with E-state index in [9.17, 15) is 0 Å². The summed E-state index contributed by atoms with van der Waals surface area (Å²) in [5.74, 6) is 1.75. The van der Waals surface area contributed by atoms with E-state index in [-0.39, 0.29) is 0 Å². The number of aromatic nitrogens is 1. The zero-order valence-corrected chi connectivity index (χ0v) is 11.3. The number of pyridine rings is 1. The highest BCUT2D eigenvalue weighted by atomic mass is 79.9. The summed E-state index contributed by atoms with van der Waals surface area (Å²) in [6.07, 6.45) is 5.50. The van der Waals surface area contributed by atoms with Crippen LogP contribution in [0.4, 0.5) is 11.5 Å². The van der Waals surface area contributed by atoms with E-state index in [1.54, 1.807) is 6.20 Å². The highest BCUT2D eigenvalue weighted by molar-refractivity contribution is 9.10. The lowest BCUT2D eigenvalue weighted by Gasteiger charge is -2.16. The fourth-order valence-electron chi connectivity index (χ4n) is 2.22. The molecule has 0 saturated heterocycles. The summed E-state index contributed by atoms with van der Waals surface area (Å²) in [4.78, 5) is 4.34. The van der Waals surface area contributed by atoms with Crippen molar-refractivity contribution in [2.24, 2.45) is 5.92 Å². The summed E-state index contributed by atoms with van der Waals surface area (Å²) in [6.45, 7) is 4.31. The van der Waals surface area contributed by atoms with Gasteiger partial charge in [0.25, 0.3) is 0 Å². The molecule has 16 heavy (non-hydrogen) atoms. The van der Waals surface area contributed by atoms with Gasteiger partial charge in [-0.1, -0.05) is 6.92 Å². The molecule has 0 spiro atoms. The highest BCUT2D eigenvalue weighted by Gasteiger charge is 2.22. The molecule has 1 aliphatic rings. The number of hydrogen-bond donors (Lipinski definition) is 2. The van der Waals surface area contributed by atoms with Gasteiger partial charge in [-0.3, -0.25) is 0 Å². The molecule has 0 aliphatic heterocycles. The SMILES string of the molecule is Cc1c(N)cnc(NC2CCC(C)C2)c1Br. The van der Waals surface area contributed by atoms with Crippen LogP contribution < -0.4 is 11.1 Å². The van der Waals surface area contributed by atoms with Gasteiger partial charge in [0, 0.05) is 6.04 Å². The second kappa shape index (κ2) is 4.62. The minimum absolute atomic E-state index is 0.557. The summed E-state index contributed by atoms with van der Waals surface area (Å²) in [6, 6.07) is 0.557. The van der Waals surface area contributed by atoms with Crippen LogP contribution in [0.1, 0.15) is 31.7 Å². The lowest BCUT2D eigenvalue weighted by molar-refractivity contribution is 0.602. The van der Waals surface area contributed by atoms with Gasteiger partial charge in [0.15, 0.2) is 0 Å². The Balaban J connectivity index is 2.13. The molecule has 1 aromatic heterocycles. The number of nitrogens with zero attached hydrogens (tertiary/aromatic N) is 1. The van der Waals surface area contributed by atoms with Crippen LogP contribution in [0, 0.1) is 12.8 Å². The first-order chi connectivity index (χ1) is 7.58. The first kappa shape index (κ1) is 11.7. The van der Waals surface area contributed by atoms with Crippen LogP contribution in [0.3, 0.4) is 0 Å². The van der Waals surface area contributed by atoms with E-state index in [0.717, 1.165) is 27.5 Å².